The van der Waals surface area contributed by atoms with Crippen molar-refractivity contribution in [3.8, 4) is 22.6 Å². The number of hydrogen-bond acceptors (Lipinski definition) is 6. The summed E-state index contributed by atoms with van der Waals surface area (Å²) in [7, 11) is 0. The number of carbonyl (C=O) groups is 1. The lowest BCUT2D eigenvalue weighted by Crippen LogP contribution is -2.30. The number of benzene rings is 3. The fourth-order valence-corrected chi connectivity index (χ4v) is 6.77. The first-order valence-corrected chi connectivity index (χ1v) is 14.5. The average molecular weight is 575 g/mol. The van der Waals surface area contributed by atoms with Gasteiger partial charge in [-0.15, -0.1) is 0 Å². The highest BCUT2D eigenvalue weighted by atomic mass is 19.1. The Morgan fingerprint density at radius 2 is 1.74 bits per heavy atom. The molecule has 2 fully saturated rings. The molecule has 0 spiro atoms. The normalized spacial score (nSPS) is 19.9. The molecule has 0 amide bonds. The number of oxazole rings is 1. The van der Waals surface area contributed by atoms with Gasteiger partial charge in [-0.25, -0.2) is 14.2 Å². The molecule has 8 heteroatoms. The van der Waals surface area contributed by atoms with E-state index in [4.69, 9.17) is 13.9 Å². The Morgan fingerprint density at radius 3 is 2.40 bits per heavy atom. The van der Waals surface area contributed by atoms with Crippen LogP contribution in [0.25, 0.3) is 22.2 Å². The summed E-state index contributed by atoms with van der Waals surface area (Å²) in [6, 6.07) is 16.0. The van der Waals surface area contributed by atoms with Crippen LogP contribution in [-0.2, 0) is 13.0 Å². The smallest absolute Gasteiger partial charge is 0.335 e. The fourth-order valence-electron chi connectivity index (χ4n) is 6.77. The van der Waals surface area contributed by atoms with E-state index in [-0.39, 0.29) is 18.8 Å². The summed E-state index contributed by atoms with van der Waals surface area (Å²) in [5, 5.41) is 9.28. The SMILES string of the molecule is C.CCOc1cc(CN2CC[C@H]3C(Cc4nc5ccc(C(=O)O)cc5o4)CC[C@H]32)cc(OCC)c1-c1ccc(F)cc1. The van der Waals surface area contributed by atoms with Crippen molar-refractivity contribution >= 4 is 17.1 Å². The van der Waals surface area contributed by atoms with Gasteiger partial charge in [0.05, 0.1) is 24.3 Å². The van der Waals surface area contributed by atoms with Gasteiger partial charge in [-0.05, 0) is 105 Å². The minimum atomic E-state index is -0.971. The van der Waals surface area contributed by atoms with E-state index in [0.717, 1.165) is 67.0 Å². The number of likely N-dealkylation sites (tertiary alicyclic amines) is 1. The molecule has 1 aliphatic carbocycles. The standard InChI is InChI=1S/C33H35FN2O5.CH4/c1-3-39-29-15-20(16-30(40-4-2)32(29)21-5-9-24(34)10-6-21)19-36-14-13-25-22(8-12-27(25)36)18-31-35-26-11-7-23(33(37)38)17-28(26)41-31;/h5-7,9-11,15-17,22,25,27H,3-4,8,12-14,18-19H2,1-2H3,(H,37,38);1H4/t22?,25-,27+;/m0./s1. The molecule has 1 N–H and O–H groups in total. The maximum atomic E-state index is 13.6. The van der Waals surface area contributed by atoms with Gasteiger partial charge in [-0.3, -0.25) is 4.90 Å². The van der Waals surface area contributed by atoms with Crippen molar-refractivity contribution in [2.75, 3.05) is 19.8 Å². The average Bonchev–Trinajstić information content (AvgIpc) is 3.66. The van der Waals surface area contributed by atoms with E-state index in [9.17, 15) is 14.3 Å². The van der Waals surface area contributed by atoms with Gasteiger partial charge in [0.1, 0.15) is 22.8 Å². The predicted octanol–water partition coefficient (Wildman–Crippen LogP) is 7.61. The number of fused-ring (bicyclic) bond motifs is 2. The molecule has 7 nitrogen and oxygen atoms in total. The zero-order valence-electron chi connectivity index (χ0n) is 23.4. The molecule has 42 heavy (non-hydrogen) atoms. The Balaban J connectivity index is 0.00000353. The fraction of sp³-hybridized carbons (Fsp3) is 0.412. The minimum Gasteiger partial charge on any atom is -0.493 e. The maximum Gasteiger partial charge on any atom is 0.335 e. The number of carboxylic acids is 1. The van der Waals surface area contributed by atoms with Gasteiger partial charge in [0.15, 0.2) is 11.5 Å². The summed E-state index contributed by atoms with van der Waals surface area (Å²) in [5.41, 5.74) is 4.29. The highest BCUT2D eigenvalue weighted by Crippen LogP contribution is 2.45. The molecule has 0 radical (unpaired) electrons. The second-order valence-corrected chi connectivity index (χ2v) is 11.0. The third-order valence-electron chi connectivity index (χ3n) is 8.51. The number of halogens is 1. The number of ether oxygens (including phenoxy) is 2. The number of aromatic carboxylic acids is 1. The van der Waals surface area contributed by atoms with Crippen molar-refractivity contribution in [1.29, 1.82) is 0 Å². The van der Waals surface area contributed by atoms with Gasteiger partial charge >= 0.3 is 5.97 Å². The van der Waals surface area contributed by atoms with Crippen LogP contribution in [0.1, 0.15) is 62.3 Å². The van der Waals surface area contributed by atoms with Crippen LogP contribution < -0.4 is 9.47 Å². The Bertz CT molecular complexity index is 1520. The minimum absolute atomic E-state index is 0. The van der Waals surface area contributed by atoms with Crippen molar-refractivity contribution in [1.82, 2.24) is 9.88 Å². The van der Waals surface area contributed by atoms with Crippen LogP contribution in [0.3, 0.4) is 0 Å². The summed E-state index contributed by atoms with van der Waals surface area (Å²) in [4.78, 5) is 18.5. The molecule has 3 atom stereocenters. The molecule has 1 aromatic heterocycles. The Hall–Kier alpha value is -3.91. The number of carboxylic acid groups (broad SMARTS) is 1. The monoisotopic (exact) mass is 574 g/mol. The van der Waals surface area contributed by atoms with Crippen LogP contribution in [0.4, 0.5) is 4.39 Å². The van der Waals surface area contributed by atoms with Crippen LogP contribution in [0.5, 0.6) is 11.5 Å². The van der Waals surface area contributed by atoms with Crippen LogP contribution in [0.15, 0.2) is 59.0 Å². The Labute approximate surface area is 246 Å². The molecule has 1 saturated carbocycles. The lowest BCUT2D eigenvalue weighted by Gasteiger charge is -2.25. The van der Waals surface area contributed by atoms with E-state index in [1.807, 2.05) is 13.8 Å². The summed E-state index contributed by atoms with van der Waals surface area (Å²) < 4.78 is 31.8. The van der Waals surface area contributed by atoms with E-state index >= 15 is 0 Å². The molecule has 0 bridgehead atoms. The molecule has 1 aliphatic heterocycles. The number of aromatic nitrogens is 1. The first kappa shape index (κ1) is 29.6. The van der Waals surface area contributed by atoms with Crippen molar-refractivity contribution in [3.05, 3.63) is 77.4 Å². The summed E-state index contributed by atoms with van der Waals surface area (Å²) in [6.07, 6.45) is 4.14. The maximum absolute atomic E-state index is 13.6. The third-order valence-corrected chi connectivity index (χ3v) is 8.51. The second kappa shape index (κ2) is 12.5. The largest absolute Gasteiger partial charge is 0.493 e. The number of hydrogen-bond donors (Lipinski definition) is 1. The van der Waals surface area contributed by atoms with E-state index < -0.39 is 5.97 Å². The van der Waals surface area contributed by atoms with Gasteiger partial charge < -0.3 is 19.0 Å². The summed E-state index contributed by atoms with van der Waals surface area (Å²) in [6.45, 7) is 6.80. The third kappa shape index (κ3) is 5.86. The van der Waals surface area contributed by atoms with Gasteiger partial charge in [-0.1, -0.05) is 19.6 Å². The van der Waals surface area contributed by atoms with Crippen molar-refractivity contribution in [2.45, 2.75) is 59.5 Å². The number of rotatable bonds is 10. The Morgan fingerprint density at radius 1 is 1.02 bits per heavy atom. The van der Waals surface area contributed by atoms with E-state index in [0.29, 0.717) is 48.1 Å². The topological polar surface area (TPSA) is 85.0 Å². The zero-order chi connectivity index (χ0) is 28.5. The van der Waals surface area contributed by atoms with Gasteiger partial charge in [0.25, 0.3) is 0 Å². The highest BCUT2D eigenvalue weighted by Gasteiger charge is 2.44. The molecule has 4 aromatic rings. The summed E-state index contributed by atoms with van der Waals surface area (Å²) in [5.74, 6) is 1.99. The molecule has 1 saturated heterocycles. The molecule has 2 heterocycles. The lowest BCUT2D eigenvalue weighted by molar-refractivity contribution is 0.0697. The van der Waals surface area contributed by atoms with Gasteiger partial charge in [-0.2, -0.15) is 0 Å². The molecule has 1 unspecified atom stereocenters. The van der Waals surface area contributed by atoms with Crippen LogP contribution in [0, 0.1) is 17.7 Å². The summed E-state index contributed by atoms with van der Waals surface area (Å²) >= 11 is 0. The lowest BCUT2D eigenvalue weighted by atomic mass is 9.90. The highest BCUT2D eigenvalue weighted by molar-refractivity contribution is 5.91. The van der Waals surface area contributed by atoms with Gasteiger partial charge in [0, 0.05) is 19.0 Å². The Kier molecular flexibility index (Phi) is 8.82. The predicted molar refractivity (Wildman–Crippen MR) is 161 cm³/mol. The van der Waals surface area contributed by atoms with E-state index in [1.54, 1.807) is 30.3 Å². The first-order valence-electron chi connectivity index (χ1n) is 14.5. The van der Waals surface area contributed by atoms with E-state index in [2.05, 4.69) is 22.0 Å². The van der Waals surface area contributed by atoms with E-state index in [1.165, 1.54) is 12.1 Å². The second-order valence-electron chi connectivity index (χ2n) is 11.0. The van der Waals surface area contributed by atoms with Crippen molar-refractivity contribution in [2.24, 2.45) is 11.8 Å². The molecule has 6 rings (SSSR count). The first-order chi connectivity index (χ1) is 19.9. The van der Waals surface area contributed by atoms with Crippen LogP contribution in [0.2, 0.25) is 0 Å². The quantitative estimate of drug-likeness (QED) is 0.209. The zero-order valence-corrected chi connectivity index (χ0v) is 23.4. The van der Waals surface area contributed by atoms with Crippen LogP contribution >= 0.6 is 0 Å². The van der Waals surface area contributed by atoms with Gasteiger partial charge in [0.2, 0.25) is 0 Å². The van der Waals surface area contributed by atoms with Crippen molar-refractivity contribution in [3.63, 3.8) is 0 Å². The van der Waals surface area contributed by atoms with Crippen LogP contribution in [-0.4, -0.2) is 46.8 Å². The molecule has 222 valence electrons. The molecular weight excluding hydrogens is 535 g/mol. The molecular formula is C34H39FN2O5. The van der Waals surface area contributed by atoms with Crippen molar-refractivity contribution < 1.29 is 28.2 Å². The molecule has 3 aromatic carbocycles. The number of nitrogens with zero attached hydrogens (tertiary/aromatic N) is 2. The molecule has 2 aliphatic rings.